The molecule has 11 heteroatoms. The first-order valence-corrected chi connectivity index (χ1v) is 11.8. The summed E-state index contributed by atoms with van der Waals surface area (Å²) in [6.45, 7) is 10.4. The van der Waals surface area contributed by atoms with E-state index in [2.05, 4.69) is 27.1 Å². The molecule has 1 amide bonds. The summed E-state index contributed by atoms with van der Waals surface area (Å²) in [5.41, 5.74) is 1.64. The zero-order valence-corrected chi connectivity index (χ0v) is 21.0. The number of likely N-dealkylation sites (N-methyl/N-ethyl adjacent to an activating group) is 1. The van der Waals surface area contributed by atoms with E-state index in [1.807, 2.05) is 19.9 Å². The summed E-state index contributed by atoms with van der Waals surface area (Å²) >= 11 is 0. The number of esters is 1. The number of hydrazone groups is 1. The van der Waals surface area contributed by atoms with E-state index in [9.17, 15) is 9.59 Å². The predicted octanol–water partition coefficient (Wildman–Crippen LogP) is 1.41. The fraction of sp³-hybridized carbons (Fsp3) is 0.609. The first kappa shape index (κ1) is 27.2. The number of likely N-dealkylation sites (tertiary alicyclic amines) is 1. The van der Waals surface area contributed by atoms with Gasteiger partial charge >= 0.3 is 5.97 Å². The smallest absolute Gasteiger partial charge is 0.336 e. The highest BCUT2D eigenvalue weighted by atomic mass is 16.5. The molecule has 34 heavy (non-hydrogen) atoms. The number of ether oxygens (including phenoxy) is 1. The quantitative estimate of drug-likeness (QED) is 0.188. The van der Waals surface area contributed by atoms with Gasteiger partial charge in [-0.25, -0.2) is 15.6 Å². The molecule has 0 aromatic carbocycles. The maximum Gasteiger partial charge on any atom is 0.336 e. The fourth-order valence-corrected chi connectivity index (χ4v) is 4.25. The number of aromatic nitrogens is 2. The molecule has 0 atom stereocenters. The third kappa shape index (κ3) is 6.09. The Morgan fingerprint density at radius 2 is 1.97 bits per heavy atom. The van der Waals surface area contributed by atoms with E-state index in [4.69, 9.17) is 16.4 Å². The molecule has 1 fully saturated rings. The third-order valence-corrected chi connectivity index (χ3v) is 6.58. The Kier molecular flexibility index (Phi) is 9.94. The van der Waals surface area contributed by atoms with Crippen molar-refractivity contribution in [2.75, 3.05) is 38.3 Å². The van der Waals surface area contributed by atoms with Crippen LogP contribution in [0, 0.1) is 5.41 Å². The number of nitrogens with two attached hydrogens (primary N) is 2. The minimum Gasteiger partial charge on any atom is -0.456 e. The lowest BCUT2D eigenvalue weighted by molar-refractivity contribution is -0.143. The van der Waals surface area contributed by atoms with Gasteiger partial charge in [0.15, 0.2) is 5.82 Å². The SMILES string of the molecule is CC.CCC1(C(=O)N(C)C2=C(C)C(=O)OC2)CCN(CCc2ccc(N(N)/C=N\N)nn2)CC1. The van der Waals surface area contributed by atoms with Crippen molar-refractivity contribution < 1.29 is 14.3 Å². The summed E-state index contributed by atoms with van der Waals surface area (Å²) in [5.74, 6) is 11.0. The molecule has 188 valence electrons. The van der Waals surface area contributed by atoms with Crippen molar-refractivity contribution in [1.82, 2.24) is 20.0 Å². The highest BCUT2D eigenvalue weighted by Crippen LogP contribution is 2.38. The molecule has 11 nitrogen and oxygen atoms in total. The molecule has 4 N–H and O–H groups in total. The Morgan fingerprint density at radius 3 is 2.47 bits per heavy atom. The minimum atomic E-state index is -0.416. The van der Waals surface area contributed by atoms with Gasteiger partial charge in [0.25, 0.3) is 0 Å². The second kappa shape index (κ2) is 12.4. The molecule has 2 aliphatic rings. The lowest BCUT2D eigenvalue weighted by Crippen LogP contribution is -2.49. The number of hydrogen-bond acceptors (Lipinski definition) is 9. The van der Waals surface area contributed by atoms with E-state index in [1.165, 1.54) is 11.3 Å². The van der Waals surface area contributed by atoms with Crippen LogP contribution in [0.2, 0.25) is 0 Å². The summed E-state index contributed by atoms with van der Waals surface area (Å²) in [6.07, 6.45) is 4.32. The summed E-state index contributed by atoms with van der Waals surface area (Å²) in [6, 6.07) is 3.65. The van der Waals surface area contributed by atoms with E-state index in [-0.39, 0.29) is 18.5 Å². The van der Waals surface area contributed by atoms with Crippen molar-refractivity contribution in [3.63, 3.8) is 0 Å². The molecule has 1 aromatic heterocycles. The van der Waals surface area contributed by atoms with Crippen LogP contribution in [0.5, 0.6) is 0 Å². The molecule has 1 saturated heterocycles. The number of amides is 1. The van der Waals surface area contributed by atoms with Gasteiger partial charge in [0, 0.05) is 20.0 Å². The van der Waals surface area contributed by atoms with Gasteiger partial charge in [-0.15, -0.1) is 5.10 Å². The van der Waals surface area contributed by atoms with Gasteiger partial charge in [0.05, 0.1) is 22.4 Å². The number of carbonyl (C=O) groups excluding carboxylic acids is 2. The summed E-state index contributed by atoms with van der Waals surface area (Å²) in [7, 11) is 1.75. The number of anilines is 1. The first-order valence-electron chi connectivity index (χ1n) is 11.8. The average molecular weight is 475 g/mol. The van der Waals surface area contributed by atoms with Gasteiger partial charge in [-0.1, -0.05) is 20.8 Å². The zero-order valence-electron chi connectivity index (χ0n) is 21.0. The van der Waals surface area contributed by atoms with Gasteiger partial charge in [0.2, 0.25) is 5.91 Å². The van der Waals surface area contributed by atoms with Crippen molar-refractivity contribution in [2.24, 2.45) is 22.2 Å². The Bertz CT molecular complexity index is 892. The molecule has 2 aliphatic heterocycles. The number of piperidine rings is 1. The molecule has 1 aromatic rings. The van der Waals surface area contributed by atoms with Gasteiger partial charge in [-0.05, 0) is 51.4 Å². The van der Waals surface area contributed by atoms with Crippen LogP contribution in [0.25, 0.3) is 0 Å². The van der Waals surface area contributed by atoms with E-state index < -0.39 is 5.41 Å². The van der Waals surface area contributed by atoms with Gasteiger partial charge in [-0.3, -0.25) is 4.79 Å². The molecule has 0 radical (unpaired) electrons. The number of carbonyl (C=O) groups is 2. The largest absolute Gasteiger partial charge is 0.456 e. The second-order valence-electron chi connectivity index (χ2n) is 8.29. The highest BCUT2D eigenvalue weighted by molar-refractivity contribution is 5.93. The zero-order chi connectivity index (χ0) is 25.3. The van der Waals surface area contributed by atoms with Crippen molar-refractivity contribution in [1.29, 1.82) is 0 Å². The first-order chi connectivity index (χ1) is 16.3. The number of hydrazine groups is 1. The van der Waals surface area contributed by atoms with Crippen LogP contribution in [0.3, 0.4) is 0 Å². The lowest BCUT2D eigenvalue weighted by Gasteiger charge is -2.42. The Hall–Kier alpha value is -3.05. The second-order valence-corrected chi connectivity index (χ2v) is 8.29. The number of nitrogens with zero attached hydrogens (tertiary/aromatic N) is 6. The van der Waals surface area contributed by atoms with Gasteiger partial charge in [-0.2, -0.15) is 10.2 Å². The Morgan fingerprint density at radius 1 is 1.29 bits per heavy atom. The van der Waals surface area contributed by atoms with Gasteiger partial charge < -0.3 is 20.4 Å². The van der Waals surface area contributed by atoms with E-state index >= 15 is 0 Å². The molecule has 0 aliphatic carbocycles. The van der Waals surface area contributed by atoms with Crippen LogP contribution in [-0.2, 0) is 20.7 Å². The fourth-order valence-electron chi connectivity index (χ4n) is 4.25. The molecule has 3 heterocycles. The van der Waals surface area contributed by atoms with Crippen LogP contribution in [-0.4, -0.2) is 71.5 Å². The standard InChI is InChI=1S/C21H32N8O3.C2H6/c1-4-21(20(31)27(3)17-13-32-19(30)15(17)2)8-11-28(12-9-21)10-7-16-5-6-18(26-25-16)29(23)14-24-22;1-2/h5-6,14H,4,7-13,22-23H2,1-3H3;1-2H3/b24-14-;. The van der Waals surface area contributed by atoms with Crippen molar-refractivity contribution >= 4 is 24.0 Å². The Labute approximate surface area is 201 Å². The molecule has 0 saturated carbocycles. The average Bonchev–Trinajstić information content (AvgIpc) is 3.21. The summed E-state index contributed by atoms with van der Waals surface area (Å²) in [4.78, 5) is 29.0. The number of rotatable bonds is 8. The van der Waals surface area contributed by atoms with Crippen molar-refractivity contribution in [2.45, 2.75) is 53.4 Å². The van der Waals surface area contributed by atoms with Crippen molar-refractivity contribution in [3.8, 4) is 0 Å². The molecule has 0 unspecified atom stereocenters. The normalized spacial score (nSPS) is 17.9. The Balaban J connectivity index is 0.00000199. The van der Waals surface area contributed by atoms with Crippen LogP contribution >= 0.6 is 0 Å². The van der Waals surface area contributed by atoms with E-state index in [1.54, 1.807) is 24.9 Å². The summed E-state index contributed by atoms with van der Waals surface area (Å²) in [5, 5.41) is 12.9. The van der Waals surface area contributed by atoms with E-state index in [0.717, 1.165) is 51.0 Å². The topological polar surface area (TPSA) is 143 Å². The highest BCUT2D eigenvalue weighted by Gasteiger charge is 2.43. The van der Waals surface area contributed by atoms with E-state index in [0.29, 0.717) is 17.1 Å². The van der Waals surface area contributed by atoms with Crippen LogP contribution in [0.1, 0.15) is 52.7 Å². The van der Waals surface area contributed by atoms with Crippen LogP contribution in [0.15, 0.2) is 28.5 Å². The molecule has 0 spiro atoms. The third-order valence-electron chi connectivity index (χ3n) is 6.58. The van der Waals surface area contributed by atoms with Crippen LogP contribution in [0.4, 0.5) is 5.82 Å². The minimum absolute atomic E-state index is 0.0705. The number of hydrogen-bond donors (Lipinski definition) is 2. The molecule has 0 bridgehead atoms. The summed E-state index contributed by atoms with van der Waals surface area (Å²) < 4.78 is 5.08. The molecular formula is C23H38N8O3. The van der Waals surface area contributed by atoms with Crippen molar-refractivity contribution in [3.05, 3.63) is 29.1 Å². The van der Waals surface area contributed by atoms with Gasteiger partial charge in [0.1, 0.15) is 12.9 Å². The monoisotopic (exact) mass is 474 g/mol. The van der Waals surface area contributed by atoms with Crippen LogP contribution < -0.4 is 16.7 Å². The molecular weight excluding hydrogens is 436 g/mol. The molecule has 3 rings (SSSR count). The number of cyclic esters (lactones) is 1. The lowest BCUT2D eigenvalue weighted by atomic mass is 9.74. The predicted molar refractivity (Wildman–Crippen MR) is 131 cm³/mol. The maximum atomic E-state index is 13.4. The maximum absolute atomic E-state index is 13.4.